The number of hydrogen-bond donors (Lipinski definition) is 0. The van der Waals surface area contributed by atoms with Crippen molar-refractivity contribution < 1.29 is 19.1 Å². The summed E-state index contributed by atoms with van der Waals surface area (Å²) in [4.78, 5) is 24.6. The number of ether oxygens (including phenoxy) is 2. The topological polar surface area (TPSA) is 55.8 Å². The molecule has 1 aliphatic carbocycles. The van der Waals surface area contributed by atoms with Gasteiger partial charge in [0, 0.05) is 33.0 Å². The molecule has 17 heavy (non-hydrogen) atoms. The Labute approximate surface area is 102 Å². The van der Waals surface area contributed by atoms with Crippen molar-refractivity contribution >= 4 is 11.7 Å². The van der Waals surface area contributed by atoms with E-state index >= 15 is 0 Å². The van der Waals surface area contributed by atoms with Gasteiger partial charge in [0.1, 0.15) is 12.4 Å². The van der Waals surface area contributed by atoms with Gasteiger partial charge in [0.25, 0.3) is 0 Å². The van der Waals surface area contributed by atoms with E-state index in [4.69, 9.17) is 9.47 Å². The minimum atomic E-state index is -0.0274. The number of Topliss-reactive ketones (excluding diaryl/α,β-unsaturated/α-hetero) is 1. The van der Waals surface area contributed by atoms with Crippen molar-refractivity contribution in [1.29, 1.82) is 0 Å². The van der Waals surface area contributed by atoms with Gasteiger partial charge in [-0.2, -0.15) is 0 Å². The normalized spacial score (nSPS) is 17.2. The Morgan fingerprint density at radius 2 is 2.00 bits per heavy atom. The summed E-state index contributed by atoms with van der Waals surface area (Å²) in [6.07, 6.45) is 2.73. The SMILES string of the molecule is COCCOCC(=O)N(C)C1CCC(=O)CC1. The summed E-state index contributed by atoms with van der Waals surface area (Å²) in [5, 5.41) is 0. The molecule has 5 nitrogen and oxygen atoms in total. The molecule has 0 aromatic carbocycles. The van der Waals surface area contributed by atoms with Crippen LogP contribution in [0, 0.1) is 0 Å². The molecule has 1 amide bonds. The van der Waals surface area contributed by atoms with Gasteiger partial charge in [-0.05, 0) is 12.8 Å². The minimum Gasteiger partial charge on any atom is -0.382 e. The molecule has 5 heteroatoms. The lowest BCUT2D eigenvalue weighted by Crippen LogP contribution is -2.41. The Morgan fingerprint density at radius 3 is 2.59 bits per heavy atom. The minimum absolute atomic E-state index is 0.0274. The maximum absolute atomic E-state index is 11.8. The number of carbonyl (C=O) groups excluding carboxylic acids is 2. The summed E-state index contributed by atoms with van der Waals surface area (Å²) in [6, 6.07) is 0.186. The van der Waals surface area contributed by atoms with Gasteiger partial charge in [-0.25, -0.2) is 0 Å². The molecule has 0 saturated heterocycles. The fourth-order valence-corrected chi connectivity index (χ4v) is 1.92. The first-order valence-electron chi connectivity index (χ1n) is 5.99. The second-order valence-electron chi connectivity index (χ2n) is 4.32. The molecule has 0 aromatic heterocycles. The van der Waals surface area contributed by atoms with Crippen molar-refractivity contribution in [1.82, 2.24) is 4.90 Å². The van der Waals surface area contributed by atoms with Gasteiger partial charge in [0.15, 0.2) is 0 Å². The lowest BCUT2D eigenvalue weighted by Gasteiger charge is -2.30. The van der Waals surface area contributed by atoms with E-state index in [0.29, 0.717) is 31.8 Å². The zero-order valence-corrected chi connectivity index (χ0v) is 10.6. The standard InChI is InChI=1S/C12H21NO4/c1-13(10-3-5-11(14)6-4-10)12(15)9-17-8-7-16-2/h10H,3-9H2,1-2H3. The summed E-state index contributed by atoms with van der Waals surface area (Å²) in [5.41, 5.74) is 0. The van der Waals surface area contributed by atoms with Crippen LogP contribution in [-0.4, -0.2) is 56.6 Å². The maximum Gasteiger partial charge on any atom is 0.248 e. The highest BCUT2D eigenvalue weighted by atomic mass is 16.5. The molecule has 0 radical (unpaired) electrons. The molecule has 0 aromatic rings. The van der Waals surface area contributed by atoms with Gasteiger partial charge in [0.2, 0.25) is 5.91 Å². The molecule has 0 unspecified atom stereocenters. The van der Waals surface area contributed by atoms with E-state index in [-0.39, 0.29) is 18.6 Å². The van der Waals surface area contributed by atoms with E-state index in [1.54, 1.807) is 19.1 Å². The van der Waals surface area contributed by atoms with E-state index in [0.717, 1.165) is 12.8 Å². The van der Waals surface area contributed by atoms with Gasteiger partial charge in [-0.15, -0.1) is 0 Å². The van der Waals surface area contributed by atoms with Crippen LogP contribution in [0.4, 0.5) is 0 Å². The summed E-state index contributed by atoms with van der Waals surface area (Å²) in [6.45, 7) is 1.01. The van der Waals surface area contributed by atoms with E-state index in [2.05, 4.69) is 0 Å². The summed E-state index contributed by atoms with van der Waals surface area (Å²) < 4.78 is 10.0. The van der Waals surface area contributed by atoms with Crippen LogP contribution in [0.1, 0.15) is 25.7 Å². The van der Waals surface area contributed by atoms with Crippen LogP contribution in [-0.2, 0) is 19.1 Å². The molecule has 1 saturated carbocycles. The van der Waals surface area contributed by atoms with Gasteiger partial charge in [0.05, 0.1) is 13.2 Å². The predicted octanol–water partition coefficient (Wildman–Crippen LogP) is 0.619. The predicted molar refractivity (Wildman–Crippen MR) is 62.7 cm³/mol. The molecule has 1 fully saturated rings. The van der Waals surface area contributed by atoms with Crippen molar-refractivity contribution in [3.63, 3.8) is 0 Å². The molecule has 0 spiro atoms. The monoisotopic (exact) mass is 243 g/mol. The van der Waals surface area contributed by atoms with E-state index in [1.807, 2.05) is 0 Å². The van der Waals surface area contributed by atoms with Crippen LogP contribution in [0.25, 0.3) is 0 Å². The first-order valence-corrected chi connectivity index (χ1v) is 5.99. The number of likely N-dealkylation sites (N-methyl/N-ethyl adjacent to an activating group) is 1. The largest absolute Gasteiger partial charge is 0.382 e. The molecule has 0 atom stereocenters. The number of amides is 1. The zero-order valence-electron chi connectivity index (χ0n) is 10.6. The number of hydrogen-bond acceptors (Lipinski definition) is 4. The molecule has 0 N–H and O–H groups in total. The number of rotatable bonds is 6. The fourth-order valence-electron chi connectivity index (χ4n) is 1.92. The average Bonchev–Trinajstić information content (AvgIpc) is 2.34. The second-order valence-corrected chi connectivity index (χ2v) is 4.32. The van der Waals surface area contributed by atoms with Crippen LogP contribution in [0.15, 0.2) is 0 Å². The van der Waals surface area contributed by atoms with Crippen molar-refractivity contribution in [2.45, 2.75) is 31.7 Å². The quantitative estimate of drug-likeness (QED) is 0.642. The molecule has 1 aliphatic rings. The van der Waals surface area contributed by atoms with Crippen molar-refractivity contribution in [2.75, 3.05) is 34.0 Å². The zero-order chi connectivity index (χ0) is 12.7. The van der Waals surface area contributed by atoms with Gasteiger partial charge >= 0.3 is 0 Å². The third kappa shape index (κ3) is 4.83. The van der Waals surface area contributed by atoms with E-state index in [1.165, 1.54) is 0 Å². The number of carbonyl (C=O) groups is 2. The smallest absolute Gasteiger partial charge is 0.248 e. The van der Waals surface area contributed by atoms with Crippen LogP contribution in [0.3, 0.4) is 0 Å². The van der Waals surface area contributed by atoms with Gasteiger partial charge in [-0.3, -0.25) is 9.59 Å². The molecule has 98 valence electrons. The molecule has 0 bridgehead atoms. The average molecular weight is 243 g/mol. The molecular weight excluding hydrogens is 222 g/mol. The van der Waals surface area contributed by atoms with E-state index in [9.17, 15) is 9.59 Å². The van der Waals surface area contributed by atoms with Crippen molar-refractivity contribution in [2.24, 2.45) is 0 Å². The maximum atomic E-state index is 11.8. The third-order valence-corrected chi connectivity index (χ3v) is 3.11. The highest BCUT2D eigenvalue weighted by Gasteiger charge is 2.24. The van der Waals surface area contributed by atoms with Crippen molar-refractivity contribution in [3.05, 3.63) is 0 Å². The number of nitrogens with zero attached hydrogens (tertiary/aromatic N) is 1. The first kappa shape index (κ1) is 14.1. The highest BCUT2D eigenvalue weighted by Crippen LogP contribution is 2.19. The summed E-state index contributed by atoms with van der Waals surface area (Å²) in [7, 11) is 3.37. The fraction of sp³-hybridized carbons (Fsp3) is 0.833. The molecule has 1 rings (SSSR count). The molecule has 0 heterocycles. The van der Waals surface area contributed by atoms with Gasteiger partial charge < -0.3 is 14.4 Å². The summed E-state index contributed by atoms with van der Waals surface area (Å²) >= 11 is 0. The molecular formula is C12H21NO4. The Hall–Kier alpha value is -0.940. The van der Waals surface area contributed by atoms with Crippen LogP contribution in [0.5, 0.6) is 0 Å². The second kappa shape index (κ2) is 7.40. The lowest BCUT2D eigenvalue weighted by atomic mass is 9.93. The Balaban J connectivity index is 2.23. The van der Waals surface area contributed by atoms with Crippen LogP contribution >= 0.6 is 0 Å². The van der Waals surface area contributed by atoms with Crippen LogP contribution in [0.2, 0.25) is 0 Å². The van der Waals surface area contributed by atoms with E-state index < -0.39 is 0 Å². The Bertz CT molecular complexity index is 257. The number of ketones is 1. The first-order chi connectivity index (χ1) is 8.15. The van der Waals surface area contributed by atoms with Gasteiger partial charge in [-0.1, -0.05) is 0 Å². The Kier molecular flexibility index (Phi) is 6.15. The van der Waals surface area contributed by atoms with Crippen LogP contribution < -0.4 is 0 Å². The Morgan fingerprint density at radius 1 is 1.35 bits per heavy atom. The third-order valence-electron chi connectivity index (χ3n) is 3.11. The highest BCUT2D eigenvalue weighted by molar-refractivity contribution is 5.80. The summed E-state index contributed by atoms with van der Waals surface area (Å²) in [5.74, 6) is 0.277. The van der Waals surface area contributed by atoms with Crippen molar-refractivity contribution in [3.8, 4) is 0 Å². The number of methoxy groups -OCH3 is 1. The molecule has 0 aliphatic heterocycles. The lowest BCUT2D eigenvalue weighted by molar-refractivity contribution is -0.139.